The van der Waals surface area contributed by atoms with Gasteiger partial charge in [-0.1, -0.05) is 0 Å². The van der Waals surface area contributed by atoms with E-state index in [1.807, 2.05) is 0 Å². The van der Waals surface area contributed by atoms with Crippen LogP contribution in [-0.4, -0.2) is 17.2 Å². The van der Waals surface area contributed by atoms with Crippen molar-refractivity contribution in [2.75, 3.05) is 0 Å². The summed E-state index contributed by atoms with van der Waals surface area (Å²) in [7, 11) is 0. The van der Waals surface area contributed by atoms with Crippen LogP contribution in [0.2, 0.25) is 0 Å². The van der Waals surface area contributed by atoms with Gasteiger partial charge in [0.1, 0.15) is 0 Å². The fraction of sp³-hybridized carbons (Fsp3) is 0.500. The quantitative estimate of drug-likeness (QED) is 0.357. The fourth-order valence-electron chi connectivity index (χ4n) is 0.241. The van der Waals surface area contributed by atoms with Gasteiger partial charge in [0.15, 0.2) is 0 Å². The van der Waals surface area contributed by atoms with Gasteiger partial charge in [0.2, 0.25) is 0 Å². The Bertz CT molecular complexity index is 140. The van der Waals surface area contributed by atoms with E-state index < -0.39 is 23.6 Å². The van der Waals surface area contributed by atoms with Crippen molar-refractivity contribution < 1.29 is 78.9 Å². The molecule has 0 saturated carbocycles. The molecule has 0 aromatic rings. The third-order valence-corrected chi connectivity index (χ3v) is 1.03. The third kappa shape index (κ3) is 11.3. The van der Waals surface area contributed by atoms with E-state index in [0.717, 1.165) is 0 Å². The van der Waals surface area contributed by atoms with Gasteiger partial charge in [-0.25, -0.2) is 0 Å². The van der Waals surface area contributed by atoms with Gasteiger partial charge in [0, 0.05) is 17.6 Å². The largest absolute Gasteiger partial charge is 1.00 e. The minimum absolute atomic E-state index is 0. The van der Waals surface area contributed by atoms with Crippen LogP contribution in [0.4, 0.5) is 0 Å². The number of carbonyl (C=O) groups excluding carboxylic acids is 2. The van der Waals surface area contributed by atoms with E-state index in [9.17, 15) is 19.8 Å². The molecule has 52 valence electrons. The summed E-state index contributed by atoms with van der Waals surface area (Å²) in [6.07, 6.45) is -0.620. The van der Waals surface area contributed by atoms with E-state index in [1.54, 1.807) is 0 Å². The van der Waals surface area contributed by atoms with Gasteiger partial charge in [-0.3, -0.25) is 0 Å². The second kappa shape index (κ2) is 9.38. The molecule has 0 aromatic carbocycles. The smallest absolute Gasteiger partial charge is 0.550 e. The molecular formula is C4H4Na2O4S. The Kier molecular flexibility index (Phi) is 15.5. The molecule has 0 amide bonds. The molecule has 7 heteroatoms. The third-order valence-electron chi connectivity index (χ3n) is 0.632. The zero-order chi connectivity index (χ0) is 7.44. The summed E-state index contributed by atoms with van der Waals surface area (Å²) >= 11 is 3.38. The molecule has 0 spiro atoms. The first kappa shape index (κ1) is 18.2. The SMILES string of the molecule is O=C([O-])C[C@@H](S)C(=O)[O-].[Na+].[Na+]. The Labute approximate surface area is 114 Å². The summed E-state index contributed by atoms with van der Waals surface area (Å²) in [5, 5.41) is 18.2. The summed E-state index contributed by atoms with van der Waals surface area (Å²) < 4.78 is 0. The molecule has 0 saturated heterocycles. The maximum Gasteiger partial charge on any atom is 1.00 e. The number of carbonyl (C=O) groups is 2. The summed E-state index contributed by atoms with van der Waals surface area (Å²) in [5.41, 5.74) is 0. The first-order chi connectivity index (χ1) is 4.04. The number of rotatable bonds is 3. The van der Waals surface area contributed by atoms with Crippen LogP contribution in [0.25, 0.3) is 0 Å². The minimum Gasteiger partial charge on any atom is -0.550 e. The maximum atomic E-state index is 9.76. The van der Waals surface area contributed by atoms with E-state index in [2.05, 4.69) is 12.6 Å². The van der Waals surface area contributed by atoms with E-state index >= 15 is 0 Å². The van der Waals surface area contributed by atoms with Crippen molar-refractivity contribution in [1.29, 1.82) is 0 Å². The van der Waals surface area contributed by atoms with Gasteiger partial charge in [0.25, 0.3) is 0 Å². The number of hydrogen-bond acceptors (Lipinski definition) is 5. The van der Waals surface area contributed by atoms with E-state index in [-0.39, 0.29) is 59.1 Å². The Morgan fingerprint density at radius 1 is 1.27 bits per heavy atom. The molecule has 0 rings (SSSR count). The van der Waals surface area contributed by atoms with Crippen molar-refractivity contribution in [3.8, 4) is 0 Å². The average molecular weight is 194 g/mol. The van der Waals surface area contributed by atoms with Crippen LogP contribution in [0.15, 0.2) is 0 Å². The number of thiol groups is 1. The molecule has 1 atom stereocenters. The summed E-state index contributed by atoms with van der Waals surface area (Å²) in [5.74, 6) is -2.94. The summed E-state index contributed by atoms with van der Waals surface area (Å²) in [6.45, 7) is 0. The van der Waals surface area contributed by atoms with E-state index in [0.29, 0.717) is 0 Å². The van der Waals surface area contributed by atoms with Gasteiger partial charge in [0.05, 0.1) is 5.97 Å². The molecule has 0 N–H and O–H groups in total. The number of carboxylic acids is 2. The average Bonchev–Trinajstić information content (AvgIpc) is 1.63. The molecule has 11 heavy (non-hydrogen) atoms. The Morgan fingerprint density at radius 2 is 1.64 bits per heavy atom. The van der Waals surface area contributed by atoms with Crippen molar-refractivity contribution in [3.63, 3.8) is 0 Å². The van der Waals surface area contributed by atoms with Crippen molar-refractivity contribution in [2.24, 2.45) is 0 Å². The van der Waals surface area contributed by atoms with Crippen LogP contribution < -0.4 is 69.3 Å². The molecule has 4 nitrogen and oxygen atoms in total. The molecule has 0 unspecified atom stereocenters. The van der Waals surface area contributed by atoms with Crippen molar-refractivity contribution in [1.82, 2.24) is 0 Å². The topological polar surface area (TPSA) is 80.3 Å². The Hall–Kier alpha value is 1.29. The predicted molar refractivity (Wildman–Crippen MR) is 27.4 cm³/mol. The molecule has 0 radical (unpaired) electrons. The first-order valence-corrected chi connectivity index (χ1v) is 2.64. The van der Waals surface area contributed by atoms with Crippen molar-refractivity contribution in [2.45, 2.75) is 11.7 Å². The molecule has 0 heterocycles. The molecule has 0 aliphatic heterocycles. The summed E-state index contributed by atoms with van der Waals surface area (Å²) in [4.78, 5) is 19.4. The molecule has 0 bridgehead atoms. The number of aliphatic carboxylic acids is 2. The van der Waals surface area contributed by atoms with Crippen molar-refractivity contribution >= 4 is 24.6 Å². The van der Waals surface area contributed by atoms with Crippen LogP contribution in [0.5, 0.6) is 0 Å². The minimum atomic E-state index is -1.50. The van der Waals surface area contributed by atoms with Crippen LogP contribution in [-0.2, 0) is 9.59 Å². The number of carboxylic acid groups (broad SMARTS) is 2. The molecule has 0 aliphatic rings. The molecular weight excluding hydrogens is 190 g/mol. The predicted octanol–water partition coefficient (Wildman–Crippen LogP) is -8.82. The van der Waals surface area contributed by atoms with E-state index in [1.165, 1.54) is 0 Å². The Morgan fingerprint density at radius 3 is 1.73 bits per heavy atom. The van der Waals surface area contributed by atoms with Gasteiger partial charge < -0.3 is 19.8 Å². The second-order valence-electron chi connectivity index (χ2n) is 1.41. The van der Waals surface area contributed by atoms with Crippen LogP contribution in [0, 0.1) is 0 Å². The standard InChI is InChI=1S/C4H6O4S.2Na/c5-3(6)1-2(9)4(7)8;;/h2,9H,1H2,(H,5,6)(H,7,8);;/q;2*+1/p-2/t2-;;/m1../s1. The molecule has 0 aliphatic carbocycles. The molecule has 0 aromatic heterocycles. The maximum absolute atomic E-state index is 9.76. The van der Waals surface area contributed by atoms with Gasteiger partial charge in [-0.15, -0.1) is 0 Å². The van der Waals surface area contributed by atoms with Gasteiger partial charge in [-0.05, 0) is 0 Å². The fourth-order valence-corrected chi connectivity index (χ4v) is 0.390. The van der Waals surface area contributed by atoms with Crippen LogP contribution >= 0.6 is 12.6 Å². The number of hydrogen-bond donors (Lipinski definition) is 1. The van der Waals surface area contributed by atoms with Gasteiger partial charge >= 0.3 is 59.1 Å². The van der Waals surface area contributed by atoms with Crippen molar-refractivity contribution in [3.05, 3.63) is 0 Å². The van der Waals surface area contributed by atoms with E-state index in [4.69, 9.17) is 0 Å². The zero-order valence-corrected chi connectivity index (χ0v) is 11.3. The Balaban J connectivity index is -0.000000320. The van der Waals surface area contributed by atoms with Crippen LogP contribution in [0.1, 0.15) is 6.42 Å². The molecule has 0 fully saturated rings. The first-order valence-electron chi connectivity index (χ1n) is 2.13. The zero-order valence-electron chi connectivity index (χ0n) is 6.36. The summed E-state index contributed by atoms with van der Waals surface area (Å²) in [6, 6.07) is 0. The monoisotopic (exact) mass is 194 g/mol. The van der Waals surface area contributed by atoms with Gasteiger partial charge in [-0.2, -0.15) is 12.6 Å². The normalized spacial score (nSPS) is 10.3. The second-order valence-corrected chi connectivity index (χ2v) is 2.03. The van der Waals surface area contributed by atoms with Crippen LogP contribution in [0.3, 0.4) is 0 Å².